The second-order valence-electron chi connectivity index (χ2n) is 10.1. The van der Waals surface area contributed by atoms with Crippen molar-refractivity contribution in [1.82, 2.24) is 34.8 Å². The molecule has 1 atom stereocenters. The first kappa shape index (κ1) is 31.9. The number of likely N-dealkylation sites (N-methyl/N-ethyl adjacent to an activating group) is 1. The maximum atomic E-state index is 7.48. The smallest absolute Gasteiger partial charge is 0.295 e. The summed E-state index contributed by atoms with van der Waals surface area (Å²) in [4.78, 5) is 32.6. The van der Waals surface area contributed by atoms with Crippen LogP contribution < -0.4 is 15.5 Å². The molecule has 2 aliphatic rings. The average molecular weight is 633 g/mol. The molecule has 3 aromatic rings. The average Bonchev–Trinajstić information content (AvgIpc) is 3.29. The van der Waals surface area contributed by atoms with Crippen molar-refractivity contribution in [2.45, 2.75) is 70.4 Å². The van der Waals surface area contributed by atoms with E-state index < -0.39 is 0 Å². The first-order valence-electron chi connectivity index (χ1n) is 14.3. The lowest BCUT2D eigenvalue weighted by molar-refractivity contribution is 0.277. The van der Waals surface area contributed by atoms with E-state index in [2.05, 4.69) is 42.3 Å². The summed E-state index contributed by atoms with van der Waals surface area (Å²) in [6.45, 7) is 12.9. The van der Waals surface area contributed by atoms with Crippen molar-refractivity contribution in [3.63, 3.8) is 0 Å². The first-order chi connectivity index (χ1) is 20.4. The Morgan fingerprint density at radius 2 is 1.50 bits per heavy atom. The summed E-state index contributed by atoms with van der Waals surface area (Å²) < 4.78 is 0. The number of hydrogen-bond acceptors (Lipinski definition) is 10. The van der Waals surface area contributed by atoms with E-state index in [9.17, 15) is 0 Å². The third-order valence-corrected chi connectivity index (χ3v) is 7.80. The number of benzene rings is 1. The van der Waals surface area contributed by atoms with Crippen LogP contribution >= 0.6 is 34.8 Å². The summed E-state index contributed by atoms with van der Waals surface area (Å²) in [5.41, 5.74) is 0.902. The quantitative estimate of drug-likeness (QED) is 0.194. The maximum absolute atomic E-state index is 7.48. The summed E-state index contributed by atoms with van der Waals surface area (Å²) in [5, 5.41) is 7.06. The minimum Gasteiger partial charge on any atom is -0.352 e. The van der Waals surface area contributed by atoms with Gasteiger partial charge in [-0.05, 0) is 85.7 Å². The van der Waals surface area contributed by atoms with Crippen LogP contribution in [-0.4, -0.2) is 73.2 Å². The molecule has 1 saturated heterocycles. The number of para-hydroxylation sites is 1. The molecular formula is C28H36Cl3N11. The molecule has 2 aromatic heterocycles. The molecule has 2 fully saturated rings. The van der Waals surface area contributed by atoms with Crippen molar-refractivity contribution in [1.29, 1.82) is 0 Å². The van der Waals surface area contributed by atoms with Crippen LogP contribution in [0.1, 0.15) is 58.3 Å². The molecule has 224 valence electrons. The van der Waals surface area contributed by atoms with Crippen LogP contribution in [-0.2, 0) is 0 Å². The third kappa shape index (κ3) is 9.76. The number of aromatic nitrogens is 6. The van der Waals surface area contributed by atoms with Gasteiger partial charge in [-0.2, -0.15) is 29.9 Å². The fraction of sp³-hybridized carbons (Fsp3) is 0.536. The second kappa shape index (κ2) is 16.6. The monoisotopic (exact) mass is 631 g/mol. The summed E-state index contributed by atoms with van der Waals surface area (Å²) in [6.07, 6.45) is 9.80. The third-order valence-electron chi connectivity index (χ3n) is 7.29. The first-order valence-corrected chi connectivity index (χ1v) is 15.5. The molecule has 1 aliphatic heterocycles. The lowest BCUT2D eigenvalue weighted by Crippen LogP contribution is -2.35. The Morgan fingerprint density at radius 1 is 0.857 bits per heavy atom. The molecule has 1 unspecified atom stereocenters. The van der Waals surface area contributed by atoms with Gasteiger partial charge in [0.25, 0.3) is 6.67 Å². The van der Waals surface area contributed by atoms with E-state index in [-0.39, 0.29) is 22.5 Å². The number of hydrogen-bond donors (Lipinski definition) is 2. The lowest BCUT2D eigenvalue weighted by atomic mass is 10.1. The van der Waals surface area contributed by atoms with E-state index in [1.807, 2.05) is 35.2 Å². The second-order valence-corrected chi connectivity index (χ2v) is 11.1. The maximum Gasteiger partial charge on any atom is 0.295 e. The van der Waals surface area contributed by atoms with Crippen molar-refractivity contribution in [3.8, 4) is 0 Å². The normalized spacial score (nSPS) is 17.5. The Morgan fingerprint density at radius 3 is 2.12 bits per heavy atom. The molecule has 0 spiro atoms. The van der Waals surface area contributed by atoms with Crippen molar-refractivity contribution in [2.24, 2.45) is 0 Å². The van der Waals surface area contributed by atoms with Crippen LogP contribution in [0.25, 0.3) is 4.85 Å². The number of rotatable bonds is 9. The fourth-order valence-electron chi connectivity index (χ4n) is 5.23. The van der Waals surface area contributed by atoms with Gasteiger partial charge < -0.3 is 10.6 Å². The Kier molecular flexibility index (Phi) is 12.6. The molecule has 3 heterocycles. The van der Waals surface area contributed by atoms with Crippen LogP contribution in [0.5, 0.6) is 0 Å². The summed E-state index contributed by atoms with van der Waals surface area (Å²) in [6, 6.07) is 10.8. The van der Waals surface area contributed by atoms with E-state index in [0.717, 1.165) is 38.2 Å². The van der Waals surface area contributed by atoms with Crippen LogP contribution in [0.3, 0.4) is 0 Å². The molecule has 42 heavy (non-hydrogen) atoms. The molecule has 2 N–H and O–H groups in total. The summed E-state index contributed by atoms with van der Waals surface area (Å²) >= 11 is 16.0. The summed E-state index contributed by atoms with van der Waals surface area (Å²) in [5.74, 6) is 1.67. The number of nitrogens with zero attached hydrogens (tertiary/aromatic N) is 9. The largest absolute Gasteiger partial charge is 0.352 e. The molecule has 0 bridgehead atoms. The molecule has 1 aromatic carbocycles. The van der Waals surface area contributed by atoms with Gasteiger partial charge in [0.05, 0.1) is 5.69 Å². The van der Waals surface area contributed by atoms with Gasteiger partial charge in [0, 0.05) is 18.6 Å². The lowest BCUT2D eigenvalue weighted by Gasteiger charge is -2.24. The van der Waals surface area contributed by atoms with Gasteiger partial charge in [-0.3, -0.25) is 9.74 Å². The predicted octanol–water partition coefficient (Wildman–Crippen LogP) is 6.75. The van der Waals surface area contributed by atoms with Crippen molar-refractivity contribution in [2.75, 3.05) is 41.8 Å². The summed E-state index contributed by atoms with van der Waals surface area (Å²) in [7, 11) is 0. The molecule has 14 heteroatoms. The van der Waals surface area contributed by atoms with Crippen LogP contribution in [0, 0.1) is 6.57 Å². The zero-order valence-corrected chi connectivity index (χ0v) is 26.0. The minimum atomic E-state index is 0.000000000000000444. The Labute approximate surface area is 262 Å². The zero-order valence-electron chi connectivity index (χ0n) is 23.7. The number of nitrogens with one attached hydrogen (secondary N) is 2. The Hall–Kier alpha value is -3.04. The topological polar surface area (TPSA) is 112 Å². The predicted molar refractivity (Wildman–Crippen MR) is 169 cm³/mol. The fourth-order valence-corrected chi connectivity index (χ4v) is 5.84. The van der Waals surface area contributed by atoms with Crippen LogP contribution in [0.2, 0.25) is 15.9 Å². The minimum absolute atomic E-state index is 0.000000000000000444. The van der Waals surface area contributed by atoms with Gasteiger partial charge in [-0.15, -0.1) is 0 Å². The van der Waals surface area contributed by atoms with E-state index >= 15 is 0 Å². The molecule has 1 aliphatic carbocycles. The van der Waals surface area contributed by atoms with Gasteiger partial charge in [-0.25, -0.2) is 11.5 Å². The van der Waals surface area contributed by atoms with Crippen LogP contribution in [0.4, 0.5) is 23.5 Å². The highest BCUT2D eigenvalue weighted by atomic mass is 35.5. The van der Waals surface area contributed by atoms with Gasteiger partial charge >= 0.3 is 0 Å². The number of anilines is 4. The van der Waals surface area contributed by atoms with E-state index in [1.54, 1.807) is 0 Å². The van der Waals surface area contributed by atoms with Gasteiger partial charge in [-0.1, -0.05) is 50.8 Å². The molecule has 11 nitrogen and oxygen atoms in total. The molecule has 1 saturated carbocycles. The Balaban J connectivity index is 0.000000385. The molecule has 0 amide bonds. The SMILES string of the molecule is Clc1nc(Cl)nc(Cl)n1.[C-]#[N+]CN(c1ccccc1)c1nc(NCC2CCCN2CC)nc(NC2CCCCCC2)n1. The van der Waals surface area contributed by atoms with E-state index in [1.165, 1.54) is 38.5 Å². The highest BCUT2D eigenvalue weighted by Gasteiger charge is 2.24. The molecular weight excluding hydrogens is 597 g/mol. The van der Waals surface area contributed by atoms with Crippen molar-refractivity contribution in [3.05, 3.63) is 57.6 Å². The van der Waals surface area contributed by atoms with Gasteiger partial charge in [0.2, 0.25) is 33.7 Å². The standard InChI is InChI=1S/C25H36N8.C3Cl3N3/c1-3-32-17-11-16-22(32)18-27-23-29-24(28-20-12-7-4-5-8-13-20)31-25(30-23)33(19-26-2)21-14-9-6-10-15-21;4-1-7-2(5)9-3(6)8-1/h6,9-10,14-15,20,22H,3-5,7-8,11-13,16-19H2,1H3,(H2,27,28,29,30,31);. The highest BCUT2D eigenvalue weighted by molar-refractivity contribution is 6.33. The zero-order chi connectivity index (χ0) is 29.7. The van der Waals surface area contributed by atoms with Crippen molar-refractivity contribution >= 4 is 58.3 Å². The highest BCUT2D eigenvalue weighted by Crippen LogP contribution is 2.26. The van der Waals surface area contributed by atoms with Gasteiger partial charge in [0.1, 0.15) is 0 Å². The number of halogens is 3. The van der Waals surface area contributed by atoms with E-state index in [0.29, 0.717) is 29.9 Å². The number of likely N-dealkylation sites (tertiary alicyclic amines) is 1. The van der Waals surface area contributed by atoms with Gasteiger partial charge in [0.15, 0.2) is 0 Å². The Bertz CT molecular complexity index is 1250. The van der Waals surface area contributed by atoms with E-state index in [4.69, 9.17) is 56.3 Å². The van der Waals surface area contributed by atoms with Crippen LogP contribution in [0.15, 0.2) is 30.3 Å². The van der Waals surface area contributed by atoms with Crippen molar-refractivity contribution < 1.29 is 0 Å². The molecule has 5 rings (SSSR count). The molecule has 0 radical (unpaired) electrons.